The number of halogens is 2. The van der Waals surface area contributed by atoms with Gasteiger partial charge in [0.15, 0.2) is 0 Å². The highest BCUT2D eigenvalue weighted by atomic mass is 35.5. The quantitative estimate of drug-likeness (QED) is 0.314. The van der Waals surface area contributed by atoms with Crippen LogP contribution in [0.4, 0.5) is 10.1 Å². The number of pyridine rings is 2. The summed E-state index contributed by atoms with van der Waals surface area (Å²) in [7, 11) is 0. The number of piperazine rings is 1. The van der Waals surface area contributed by atoms with Crippen molar-refractivity contribution in [3.8, 4) is 22.6 Å². The van der Waals surface area contributed by atoms with E-state index < -0.39 is 0 Å². The molecular weight excluding hydrogens is 477 g/mol. The summed E-state index contributed by atoms with van der Waals surface area (Å²) in [6.07, 6.45) is 3.36. The normalized spacial score (nSPS) is 18.1. The fraction of sp³-hybridized carbons (Fsp3) is 0.370. The minimum absolute atomic E-state index is 0.329. The Hall–Kier alpha value is -3.07. The Balaban J connectivity index is 0.00000148. The van der Waals surface area contributed by atoms with E-state index in [0.29, 0.717) is 39.8 Å². The molecule has 4 aromatic rings. The number of hydrogen-bond acceptors (Lipinski definition) is 6. The van der Waals surface area contributed by atoms with Crippen molar-refractivity contribution in [3.05, 3.63) is 59.8 Å². The van der Waals surface area contributed by atoms with Gasteiger partial charge in [-0.2, -0.15) is 0 Å². The number of fused-ring (bicyclic) bond motifs is 1. The van der Waals surface area contributed by atoms with Crippen LogP contribution in [0, 0.1) is 5.82 Å². The number of hydrogen-bond donors (Lipinski definition) is 3. The number of nitrogens with zero attached hydrogens (tertiary/aromatic N) is 4. The molecule has 0 amide bonds. The molecule has 1 fully saturated rings. The summed E-state index contributed by atoms with van der Waals surface area (Å²) < 4.78 is 14.5. The van der Waals surface area contributed by atoms with Crippen LogP contribution in [0.15, 0.2) is 48.9 Å². The standard InChI is InChI=1S/C25H27ClFN7.C2H6/c1-15-12-34(13-16(2)32-15)8-7-28-18-10-23-21(29-11-18)5-6-22(33-23)25-24(30-14-31-25)19-9-17(26)3-4-20(19)27;1-2/h3-6,9-11,14-16,28,32H,7-8,12-13H2,1-2H3,(H,30,31);1-2H3. The third kappa shape index (κ3) is 6.00. The average molecular weight is 510 g/mol. The molecule has 0 spiro atoms. The van der Waals surface area contributed by atoms with Crippen LogP contribution in [0.5, 0.6) is 0 Å². The fourth-order valence-corrected chi connectivity index (χ4v) is 4.77. The lowest BCUT2D eigenvalue weighted by Gasteiger charge is -2.36. The zero-order valence-corrected chi connectivity index (χ0v) is 21.9. The monoisotopic (exact) mass is 509 g/mol. The molecule has 1 saturated heterocycles. The molecule has 190 valence electrons. The van der Waals surface area contributed by atoms with Crippen LogP contribution in [-0.2, 0) is 0 Å². The van der Waals surface area contributed by atoms with Crippen LogP contribution in [0.25, 0.3) is 33.7 Å². The molecule has 1 aliphatic rings. The molecule has 36 heavy (non-hydrogen) atoms. The van der Waals surface area contributed by atoms with E-state index in [1.54, 1.807) is 6.07 Å². The lowest BCUT2D eigenvalue weighted by atomic mass is 10.1. The Kier molecular flexibility index (Phi) is 8.51. The summed E-state index contributed by atoms with van der Waals surface area (Å²) in [4.78, 5) is 19.2. The van der Waals surface area contributed by atoms with Gasteiger partial charge in [-0.1, -0.05) is 25.4 Å². The molecule has 5 rings (SSSR count). The van der Waals surface area contributed by atoms with Crippen LogP contribution in [0.1, 0.15) is 27.7 Å². The highest BCUT2D eigenvalue weighted by Crippen LogP contribution is 2.32. The summed E-state index contributed by atoms with van der Waals surface area (Å²) in [6.45, 7) is 12.3. The maximum atomic E-state index is 14.5. The van der Waals surface area contributed by atoms with Gasteiger partial charge in [0.2, 0.25) is 0 Å². The zero-order valence-electron chi connectivity index (χ0n) is 21.1. The van der Waals surface area contributed by atoms with Gasteiger partial charge in [0.1, 0.15) is 11.5 Å². The number of nitrogens with one attached hydrogen (secondary N) is 3. The first-order chi connectivity index (χ1) is 17.5. The van der Waals surface area contributed by atoms with Gasteiger partial charge in [-0.25, -0.2) is 14.4 Å². The number of aromatic nitrogens is 4. The van der Waals surface area contributed by atoms with Gasteiger partial charge in [-0.05, 0) is 50.2 Å². The number of imidazole rings is 1. The Morgan fingerprint density at radius 3 is 2.61 bits per heavy atom. The summed E-state index contributed by atoms with van der Waals surface area (Å²) >= 11 is 6.09. The molecule has 0 radical (unpaired) electrons. The predicted molar refractivity (Wildman–Crippen MR) is 146 cm³/mol. The lowest BCUT2D eigenvalue weighted by Crippen LogP contribution is -2.54. The highest BCUT2D eigenvalue weighted by molar-refractivity contribution is 6.30. The van der Waals surface area contributed by atoms with Gasteiger partial charge in [0.05, 0.1) is 40.6 Å². The van der Waals surface area contributed by atoms with Crippen molar-refractivity contribution in [2.45, 2.75) is 39.8 Å². The van der Waals surface area contributed by atoms with E-state index in [1.165, 1.54) is 18.5 Å². The minimum atomic E-state index is -0.389. The van der Waals surface area contributed by atoms with Crippen molar-refractivity contribution in [1.29, 1.82) is 0 Å². The Bertz CT molecular complexity index is 1300. The minimum Gasteiger partial charge on any atom is -0.382 e. The fourth-order valence-electron chi connectivity index (χ4n) is 4.60. The van der Waals surface area contributed by atoms with E-state index >= 15 is 0 Å². The lowest BCUT2D eigenvalue weighted by molar-refractivity contribution is 0.179. The third-order valence-electron chi connectivity index (χ3n) is 6.01. The van der Waals surface area contributed by atoms with Crippen molar-refractivity contribution in [3.63, 3.8) is 0 Å². The predicted octanol–water partition coefficient (Wildman–Crippen LogP) is 5.60. The number of H-pyrrole nitrogens is 1. The first kappa shape index (κ1) is 26.0. The van der Waals surface area contributed by atoms with Gasteiger partial charge >= 0.3 is 0 Å². The maximum absolute atomic E-state index is 14.5. The molecule has 0 saturated carbocycles. The average Bonchev–Trinajstić information content (AvgIpc) is 3.35. The largest absolute Gasteiger partial charge is 0.382 e. The van der Waals surface area contributed by atoms with E-state index in [9.17, 15) is 4.39 Å². The first-order valence-corrected chi connectivity index (χ1v) is 12.8. The number of rotatable bonds is 6. The first-order valence-electron chi connectivity index (χ1n) is 12.4. The molecule has 0 aliphatic carbocycles. The van der Waals surface area contributed by atoms with Crippen LogP contribution in [-0.4, -0.2) is 63.1 Å². The molecular formula is C27H33ClFN7. The van der Waals surface area contributed by atoms with E-state index in [-0.39, 0.29) is 5.82 Å². The second-order valence-electron chi connectivity index (χ2n) is 8.86. The van der Waals surface area contributed by atoms with Gasteiger partial charge in [0.25, 0.3) is 0 Å². The van der Waals surface area contributed by atoms with Crippen LogP contribution >= 0.6 is 11.6 Å². The molecule has 1 aromatic carbocycles. The summed E-state index contributed by atoms with van der Waals surface area (Å²) in [5, 5.41) is 7.48. The maximum Gasteiger partial charge on any atom is 0.132 e. The molecule has 0 bridgehead atoms. The summed E-state index contributed by atoms with van der Waals surface area (Å²) in [5.74, 6) is -0.389. The molecule has 2 unspecified atom stereocenters. The molecule has 2 atom stereocenters. The van der Waals surface area contributed by atoms with Gasteiger partial charge in [-0.3, -0.25) is 9.88 Å². The zero-order chi connectivity index (χ0) is 25.7. The third-order valence-corrected chi connectivity index (χ3v) is 6.24. The van der Waals surface area contributed by atoms with E-state index in [1.807, 2.05) is 38.2 Å². The molecule has 3 N–H and O–H groups in total. The van der Waals surface area contributed by atoms with Gasteiger partial charge < -0.3 is 15.6 Å². The number of benzene rings is 1. The van der Waals surface area contributed by atoms with E-state index in [4.69, 9.17) is 16.6 Å². The van der Waals surface area contributed by atoms with Gasteiger partial charge in [-0.15, -0.1) is 0 Å². The topological polar surface area (TPSA) is 81.8 Å². The summed E-state index contributed by atoms with van der Waals surface area (Å²) in [6, 6.07) is 11.2. The number of anilines is 1. The van der Waals surface area contributed by atoms with E-state index in [2.05, 4.69) is 44.3 Å². The SMILES string of the molecule is CC.CC1CN(CCNc2cnc3ccc(-c4[nH]cnc4-c4cc(Cl)ccc4F)nc3c2)CC(C)N1. The molecule has 9 heteroatoms. The van der Waals surface area contributed by atoms with Crippen molar-refractivity contribution < 1.29 is 4.39 Å². The smallest absolute Gasteiger partial charge is 0.132 e. The Morgan fingerprint density at radius 1 is 1.06 bits per heavy atom. The van der Waals surface area contributed by atoms with Crippen molar-refractivity contribution in [2.75, 3.05) is 31.5 Å². The Labute approximate surface area is 216 Å². The molecule has 3 aromatic heterocycles. The summed E-state index contributed by atoms with van der Waals surface area (Å²) in [5.41, 5.74) is 4.53. The Morgan fingerprint density at radius 2 is 1.83 bits per heavy atom. The molecule has 1 aliphatic heterocycles. The second-order valence-corrected chi connectivity index (χ2v) is 9.30. The molecule has 4 heterocycles. The van der Waals surface area contributed by atoms with E-state index in [0.717, 1.165) is 42.9 Å². The van der Waals surface area contributed by atoms with Gasteiger partial charge in [0, 0.05) is 48.8 Å². The second kappa shape index (κ2) is 11.8. The van der Waals surface area contributed by atoms with Crippen molar-refractivity contribution in [1.82, 2.24) is 30.2 Å². The number of aromatic amines is 1. The highest BCUT2D eigenvalue weighted by Gasteiger charge is 2.20. The van der Waals surface area contributed by atoms with Crippen LogP contribution in [0.2, 0.25) is 5.02 Å². The van der Waals surface area contributed by atoms with Crippen LogP contribution in [0.3, 0.4) is 0 Å². The molecule has 7 nitrogen and oxygen atoms in total. The van der Waals surface area contributed by atoms with Crippen molar-refractivity contribution >= 4 is 28.3 Å². The van der Waals surface area contributed by atoms with Crippen molar-refractivity contribution in [2.24, 2.45) is 0 Å². The van der Waals surface area contributed by atoms with Crippen LogP contribution < -0.4 is 10.6 Å².